The molecule has 1 amide bonds. The fourth-order valence-corrected chi connectivity index (χ4v) is 2.89. The lowest BCUT2D eigenvalue weighted by Gasteiger charge is -2.10. The van der Waals surface area contributed by atoms with E-state index in [0.29, 0.717) is 13.2 Å². The molecule has 1 aliphatic heterocycles. The normalized spacial score (nSPS) is 18.1. The van der Waals surface area contributed by atoms with Crippen LogP contribution in [0.3, 0.4) is 0 Å². The summed E-state index contributed by atoms with van der Waals surface area (Å²) >= 11 is 1.65. The third kappa shape index (κ3) is 3.05. The standard InChI is InChI=1S/C15H16N2O2S/c18-15(14-2-1-6-19-14)17-9-11-3-5-16-13(8-11)12-4-7-20-10-12/h3-5,7-8,10,14H,1-2,6,9H2,(H,17,18). The molecular weight excluding hydrogens is 272 g/mol. The van der Waals surface area contributed by atoms with E-state index in [9.17, 15) is 4.79 Å². The van der Waals surface area contributed by atoms with E-state index in [1.54, 1.807) is 17.5 Å². The summed E-state index contributed by atoms with van der Waals surface area (Å²) in [6.45, 7) is 1.20. The first kappa shape index (κ1) is 13.3. The van der Waals surface area contributed by atoms with Crippen LogP contribution < -0.4 is 5.32 Å². The van der Waals surface area contributed by atoms with E-state index in [-0.39, 0.29) is 12.0 Å². The quantitative estimate of drug-likeness (QED) is 0.941. The maximum absolute atomic E-state index is 11.9. The van der Waals surface area contributed by atoms with Crippen LogP contribution in [0.2, 0.25) is 0 Å². The zero-order valence-corrected chi connectivity index (χ0v) is 11.9. The van der Waals surface area contributed by atoms with Crippen LogP contribution in [-0.4, -0.2) is 23.6 Å². The van der Waals surface area contributed by atoms with Gasteiger partial charge in [0.15, 0.2) is 0 Å². The summed E-state index contributed by atoms with van der Waals surface area (Å²) in [5.74, 6) is -0.0172. The maximum Gasteiger partial charge on any atom is 0.249 e. The van der Waals surface area contributed by atoms with Crippen LogP contribution in [0, 0.1) is 0 Å². The molecule has 2 aromatic rings. The molecule has 4 nitrogen and oxygen atoms in total. The monoisotopic (exact) mass is 288 g/mol. The van der Waals surface area contributed by atoms with Crippen LogP contribution in [0.15, 0.2) is 35.2 Å². The summed E-state index contributed by atoms with van der Waals surface area (Å²) in [5, 5.41) is 7.02. The average molecular weight is 288 g/mol. The van der Waals surface area contributed by atoms with Gasteiger partial charge >= 0.3 is 0 Å². The number of hydrogen-bond donors (Lipinski definition) is 1. The largest absolute Gasteiger partial charge is 0.368 e. The van der Waals surface area contributed by atoms with Gasteiger partial charge in [0.1, 0.15) is 6.10 Å². The topological polar surface area (TPSA) is 51.2 Å². The van der Waals surface area contributed by atoms with Gasteiger partial charge in [0, 0.05) is 30.3 Å². The highest BCUT2D eigenvalue weighted by molar-refractivity contribution is 7.08. The lowest BCUT2D eigenvalue weighted by atomic mass is 10.1. The number of thiophene rings is 1. The van der Waals surface area contributed by atoms with Crippen LogP contribution in [0.25, 0.3) is 11.3 Å². The fraction of sp³-hybridized carbons (Fsp3) is 0.333. The van der Waals surface area contributed by atoms with E-state index >= 15 is 0 Å². The van der Waals surface area contributed by atoms with Gasteiger partial charge in [-0.15, -0.1) is 0 Å². The second kappa shape index (κ2) is 6.15. The van der Waals surface area contributed by atoms with Gasteiger partial charge in [-0.1, -0.05) is 0 Å². The van der Waals surface area contributed by atoms with Crippen molar-refractivity contribution in [2.75, 3.05) is 6.61 Å². The van der Waals surface area contributed by atoms with Crippen molar-refractivity contribution in [2.24, 2.45) is 0 Å². The first-order valence-corrected chi connectivity index (χ1v) is 7.64. The Bertz CT molecular complexity index is 577. The number of hydrogen-bond acceptors (Lipinski definition) is 4. The molecule has 1 fully saturated rings. The molecule has 0 aliphatic carbocycles. The summed E-state index contributed by atoms with van der Waals surface area (Å²) < 4.78 is 5.36. The predicted molar refractivity (Wildman–Crippen MR) is 78.4 cm³/mol. The van der Waals surface area contributed by atoms with Crippen LogP contribution in [0.4, 0.5) is 0 Å². The Labute approximate surface area is 121 Å². The van der Waals surface area contributed by atoms with Gasteiger partial charge in [0.25, 0.3) is 0 Å². The van der Waals surface area contributed by atoms with Crippen molar-refractivity contribution >= 4 is 17.2 Å². The van der Waals surface area contributed by atoms with Gasteiger partial charge in [0.2, 0.25) is 5.91 Å². The van der Waals surface area contributed by atoms with Gasteiger partial charge in [-0.05, 0) is 42.0 Å². The molecule has 0 spiro atoms. The molecule has 0 radical (unpaired) electrons. The van der Waals surface area contributed by atoms with E-state index in [4.69, 9.17) is 4.74 Å². The Morgan fingerprint density at radius 2 is 2.45 bits per heavy atom. The minimum atomic E-state index is -0.270. The third-order valence-corrected chi connectivity index (χ3v) is 4.01. The van der Waals surface area contributed by atoms with E-state index < -0.39 is 0 Å². The number of nitrogens with one attached hydrogen (secondary N) is 1. The van der Waals surface area contributed by atoms with E-state index in [1.807, 2.05) is 23.6 Å². The van der Waals surface area contributed by atoms with Crippen LogP contribution >= 0.6 is 11.3 Å². The number of nitrogens with zero attached hydrogens (tertiary/aromatic N) is 1. The van der Waals surface area contributed by atoms with Crippen molar-refractivity contribution in [1.29, 1.82) is 0 Å². The summed E-state index contributed by atoms with van der Waals surface area (Å²) in [5.41, 5.74) is 3.10. The van der Waals surface area contributed by atoms with Crippen molar-refractivity contribution in [2.45, 2.75) is 25.5 Å². The second-order valence-corrected chi connectivity index (χ2v) is 5.56. The SMILES string of the molecule is O=C(NCc1ccnc(-c2ccsc2)c1)C1CCCO1. The first-order chi connectivity index (χ1) is 9.83. The molecule has 104 valence electrons. The fourth-order valence-electron chi connectivity index (χ4n) is 2.24. The molecule has 3 heterocycles. The molecule has 3 rings (SSSR count). The van der Waals surface area contributed by atoms with Gasteiger partial charge in [-0.3, -0.25) is 9.78 Å². The Morgan fingerprint density at radius 3 is 3.20 bits per heavy atom. The van der Waals surface area contributed by atoms with Gasteiger partial charge < -0.3 is 10.1 Å². The van der Waals surface area contributed by atoms with E-state index in [2.05, 4.69) is 15.7 Å². The van der Waals surface area contributed by atoms with Crippen LogP contribution in [0.5, 0.6) is 0 Å². The second-order valence-electron chi connectivity index (χ2n) is 4.78. The number of carbonyl (C=O) groups is 1. The Kier molecular flexibility index (Phi) is 4.08. The lowest BCUT2D eigenvalue weighted by Crippen LogP contribution is -2.33. The smallest absolute Gasteiger partial charge is 0.249 e. The highest BCUT2D eigenvalue weighted by Crippen LogP contribution is 2.20. The Hall–Kier alpha value is -1.72. The van der Waals surface area contributed by atoms with E-state index in [0.717, 1.165) is 29.7 Å². The number of amides is 1. The van der Waals surface area contributed by atoms with E-state index in [1.165, 1.54) is 0 Å². The molecule has 20 heavy (non-hydrogen) atoms. The molecule has 0 aromatic carbocycles. The number of rotatable bonds is 4. The predicted octanol–water partition coefficient (Wildman–Crippen LogP) is 2.61. The van der Waals surface area contributed by atoms with Crippen molar-refractivity contribution in [3.63, 3.8) is 0 Å². The molecule has 5 heteroatoms. The third-order valence-electron chi connectivity index (χ3n) is 3.33. The number of aromatic nitrogens is 1. The highest BCUT2D eigenvalue weighted by atomic mass is 32.1. The Morgan fingerprint density at radius 1 is 1.50 bits per heavy atom. The summed E-state index contributed by atoms with van der Waals surface area (Å²) in [6, 6.07) is 5.98. The molecule has 1 atom stereocenters. The molecule has 0 bridgehead atoms. The molecule has 1 N–H and O–H groups in total. The van der Waals surface area contributed by atoms with Gasteiger partial charge in [-0.25, -0.2) is 0 Å². The number of carbonyl (C=O) groups excluding carboxylic acids is 1. The van der Waals surface area contributed by atoms with Crippen LogP contribution in [0.1, 0.15) is 18.4 Å². The van der Waals surface area contributed by atoms with Crippen molar-refractivity contribution in [3.8, 4) is 11.3 Å². The summed E-state index contributed by atoms with van der Waals surface area (Å²) in [6.07, 6.45) is 3.30. The number of pyridine rings is 1. The number of ether oxygens (including phenoxy) is 1. The maximum atomic E-state index is 11.9. The molecule has 0 saturated carbocycles. The van der Waals surface area contributed by atoms with Gasteiger partial charge in [0.05, 0.1) is 5.69 Å². The van der Waals surface area contributed by atoms with Crippen LogP contribution in [-0.2, 0) is 16.1 Å². The molecule has 1 unspecified atom stereocenters. The summed E-state index contributed by atoms with van der Waals surface area (Å²) in [4.78, 5) is 16.2. The average Bonchev–Trinajstić information content (AvgIpc) is 3.17. The minimum Gasteiger partial charge on any atom is -0.368 e. The zero-order chi connectivity index (χ0) is 13.8. The Balaban J connectivity index is 1.63. The highest BCUT2D eigenvalue weighted by Gasteiger charge is 2.22. The lowest BCUT2D eigenvalue weighted by molar-refractivity contribution is -0.130. The minimum absolute atomic E-state index is 0.0172. The zero-order valence-electron chi connectivity index (χ0n) is 11.0. The van der Waals surface area contributed by atoms with Crippen molar-refractivity contribution in [1.82, 2.24) is 10.3 Å². The van der Waals surface area contributed by atoms with Crippen molar-refractivity contribution < 1.29 is 9.53 Å². The molecular formula is C15H16N2O2S. The van der Waals surface area contributed by atoms with Crippen molar-refractivity contribution in [3.05, 3.63) is 40.7 Å². The summed E-state index contributed by atoms with van der Waals surface area (Å²) in [7, 11) is 0. The first-order valence-electron chi connectivity index (χ1n) is 6.70. The molecule has 2 aromatic heterocycles. The van der Waals surface area contributed by atoms with Gasteiger partial charge in [-0.2, -0.15) is 11.3 Å². The molecule has 1 saturated heterocycles. The molecule has 1 aliphatic rings.